The van der Waals surface area contributed by atoms with Crippen molar-refractivity contribution in [1.82, 2.24) is 0 Å². The van der Waals surface area contributed by atoms with Gasteiger partial charge in [0, 0.05) is 0 Å². The lowest BCUT2D eigenvalue weighted by Gasteiger charge is -2.27. The van der Waals surface area contributed by atoms with Crippen LogP contribution < -0.4 is 10.6 Å². The lowest BCUT2D eigenvalue weighted by atomic mass is 10.0. The molecule has 3 aromatic carbocycles. The summed E-state index contributed by atoms with van der Waals surface area (Å²) in [4.78, 5) is 12.3. The standard InChI is InChI=1S/C18H14N2O/c21-18-17(12-6-2-1-3-7-12)19-15-10-13-8-4-5-9-14(13)11-16(15)20-18/h1-11,17,19H,(H,20,21)/t17-/m1/s1. The minimum absolute atomic E-state index is 0.0241. The van der Waals surface area contributed by atoms with Gasteiger partial charge in [-0.2, -0.15) is 0 Å². The van der Waals surface area contributed by atoms with Crippen LogP contribution in [0.2, 0.25) is 0 Å². The second kappa shape index (κ2) is 4.63. The highest BCUT2D eigenvalue weighted by atomic mass is 16.2. The molecule has 0 spiro atoms. The van der Waals surface area contributed by atoms with Gasteiger partial charge in [0.15, 0.2) is 0 Å². The number of rotatable bonds is 1. The van der Waals surface area contributed by atoms with E-state index in [1.165, 1.54) is 0 Å². The third-order valence-electron chi connectivity index (χ3n) is 3.84. The number of carbonyl (C=O) groups excluding carboxylic acids is 1. The number of hydrogen-bond donors (Lipinski definition) is 2. The molecule has 3 nitrogen and oxygen atoms in total. The van der Waals surface area contributed by atoms with Crippen molar-refractivity contribution in [1.29, 1.82) is 0 Å². The lowest BCUT2D eigenvalue weighted by molar-refractivity contribution is -0.117. The predicted octanol–water partition coefficient (Wildman–Crippen LogP) is 3.95. The zero-order valence-corrected chi connectivity index (χ0v) is 11.3. The Hall–Kier alpha value is -2.81. The van der Waals surface area contributed by atoms with Gasteiger partial charge < -0.3 is 10.6 Å². The fourth-order valence-corrected chi connectivity index (χ4v) is 2.77. The minimum Gasteiger partial charge on any atom is -0.368 e. The van der Waals surface area contributed by atoms with Crippen LogP contribution in [0.3, 0.4) is 0 Å². The molecule has 3 heteroatoms. The monoisotopic (exact) mass is 274 g/mol. The Morgan fingerprint density at radius 1 is 0.762 bits per heavy atom. The SMILES string of the molecule is O=C1Nc2cc3ccccc3cc2N[C@@H]1c1ccccc1. The van der Waals surface area contributed by atoms with E-state index in [4.69, 9.17) is 0 Å². The fourth-order valence-electron chi connectivity index (χ4n) is 2.77. The van der Waals surface area contributed by atoms with E-state index in [2.05, 4.69) is 22.8 Å². The van der Waals surface area contributed by atoms with E-state index in [1.807, 2.05) is 54.6 Å². The van der Waals surface area contributed by atoms with Crippen molar-refractivity contribution in [2.45, 2.75) is 6.04 Å². The molecule has 1 amide bonds. The first-order valence-corrected chi connectivity index (χ1v) is 6.96. The number of amides is 1. The average molecular weight is 274 g/mol. The molecule has 2 N–H and O–H groups in total. The molecule has 0 bridgehead atoms. The normalized spacial score (nSPS) is 17.0. The second-order valence-electron chi connectivity index (χ2n) is 5.22. The first-order chi connectivity index (χ1) is 10.3. The average Bonchev–Trinajstić information content (AvgIpc) is 2.53. The molecule has 0 radical (unpaired) electrons. The Labute approximate surface area is 122 Å². The molecule has 21 heavy (non-hydrogen) atoms. The van der Waals surface area contributed by atoms with Crippen LogP contribution >= 0.6 is 0 Å². The first-order valence-electron chi connectivity index (χ1n) is 6.96. The molecule has 1 heterocycles. The number of nitrogens with one attached hydrogen (secondary N) is 2. The molecule has 0 fully saturated rings. The van der Waals surface area contributed by atoms with Crippen molar-refractivity contribution in [2.24, 2.45) is 0 Å². The topological polar surface area (TPSA) is 41.1 Å². The molecule has 0 aliphatic carbocycles. The summed E-state index contributed by atoms with van der Waals surface area (Å²) in [7, 11) is 0. The molecule has 1 aliphatic rings. The maximum Gasteiger partial charge on any atom is 0.251 e. The van der Waals surface area contributed by atoms with E-state index in [0.29, 0.717) is 0 Å². The summed E-state index contributed by atoms with van der Waals surface area (Å²) in [5.74, 6) is -0.0241. The highest BCUT2D eigenvalue weighted by Gasteiger charge is 2.26. The summed E-state index contributed by atoms with van der Waals surface area (Å²) in [5, 5.41) is 8.62. The lowest BCUT2D eigenvalue weighted by Crippen LogP contribution is -2.31. The van der Waals surface area contributed by atoms with Crippen LogP contribution in [-0.4, -0.2) is 5.91 Å². The molecule has 102 valence electrons. The number of hydrogen-bond acceptors (Lipinski definition) is 2. The van der Waals surface area contributed by atoms with Crippen molar-refractivity contribution < 1.29 is 4.79 Å². The van der Waals surface area contributed by atoms with Crippen LogP contribution in [0, 0.1) is 0 Å². The largest absolute Gasteiger partial charge is 0.368 e. The molecule has 0 saturated heterocycles. The summed E-state index contributed by atoms with van der Waals surface area (Å²) >= 11 is 0. The smallest absolute Gasteiger partial charge is 0.251 e. The van der Waals surface area contributed by atoms with Gasteiger partial charge >= 0.3 is 0 Å². The fraction of sp³-hybridized carbons (Fsp3) is 0.0556. The van der Waals surface area contributed by atoms with Gasteiger partial charge in [0.2, 0.25) is 0 Å². The van der Waals surface area contributed by atoms with E-state index in [9.17, 15) is 4.79 Å². The summed E-state index contributed by atoms with van der Waals surface area (Å²) in [5.41, 5.74) is 2.77. The molecular weight excluding hydrogens is 260 g/mol. The maximum atomic E-state index is 12.3. The van der Waals surface area contributed by atoms with E-state index >= 15 is 0 Å². The van der Waals surface area contributed by atoms with E-state index in [1.54, 1.807) is 0 Å². The van der Waals surface area contributed by atoms with Crippen molar-refractivity contribution in [2.75, 3.05) is 10.6 Å². The zero-order valence-electron chi connectivity index (χ0n) is 11.3. The third kappa shape index (κ3) is 2.03. The van der Waals surface area contributed by atoms with Gasteiger partial charge in [-0.3, -0.25) is 4.79 Å². The van der Waals surface area contributed by atoms with Gasteiger partial charge in [0.05, 0.1) is 11.4 Å². The Morgan fingerprint density at radius 3 is 2.10 bits per heavy atom. The highest BCUT2D eigenvalue weighted by molar-refractivity contribution is 6.06. The summed E-state index contributed by atoms with van der Waals surface area (Å²) in [6, 6.07) is 21.6. The van der Waals surface area contributed by atoms with Crippen molar-refractivity contribution in [3.63, 3.8) is 0 Å². The Bertz CT molecular complexity index is 827. The molecule has 1 aliphatic heterocycles. The highest BCUT2D eigenvalue weighted by Crippen LogP contribution is 2.35. The summed E-state index contributed by atoms with van der Waals surface area (Å²) in [6.07, 6.45) is 0. The van der Waals surface area contributed by atoms with Crippen LogP contribution in [-0.2, 0) is 4.79 Å². The third-order valence-corrected chi connectivity index (χ3v) is 3.84. The summed E-state index contributed by atoms with van der Waals surface area (Å²) in [6.45, 7) is 0. The molecule has 0 saturated carbocycles. The van der Waals surface area contributed by atoms with Crippen LogP contribution in [0.4, 0.5) is 11.4 Å². The van der Waals surface area contributed by atoms with Crippen LogP contribution in [0.5, 0.6) is 0 Å². The van der Waals surface area contributed by atoms with E-state index in [-0.39, 0.29) is 11.9 Å². The summed E-state index contributed by atoms with van der Waals surface area (Å²) < 4.78 is 0. The quantitative estimate of drug-likeness (QED) is 0.705. The van der Waals surface area contributed by atoms with Gasteiger partial charge in [-0.25, -0.2) is 0 Å². The number of fused-ring (bicyclic) bond motifs is 2. The Balaban J connectivity index is 1.79. The number of benzene rings is 3. The molecule has 3 aromatic rings. The predicted molar refractivity (Wildman–Crippen MR) is 85.4 cm³/mol. The van der Waals surface area contributed by atoms with E-state index in [0.717, 1.165) is 27.7 Å². The first kappa shape index (κ1) is 12.0. The van der Waals surface area contributed by atoms with Gasteiger partial charge in [-0.05, 0) is 28.5 Å². The maximum absolute atomic E-state index is 12.3. The Morgan fingerprint density at radius 2 is 1.38 bits per heavy atom. The van der Waals surface area contributed by atoms with Crippen LogP contribution in [0.25, 0.3) is 10.8 Å². The van der Waals surface area contributed by atoms with Crippen LogP contribution in [0.1, 0.15) is 11.6 Å². The zero-order chi connectivity index (χ0) is 14.2. The van der Waals surface area contributed by atoms with Crippen molar-refractivity contribution in [3.05, 3.63) is 72.3 Å². The van der Waals surface area contributed by atoms with Crippen molar-refractivity contribution in [3.8, 4) is 0 Å². The van der Waals surface area contributed by atoms with Gasteiger partial charge in [0.25, 0.3) is 5.91 Å². The van der Waals surface area contributed by atoms with E-state index < -0.39 is 0 Å². The van der Waals surface area contributed by atoms with Gasteiger partial charge in [-0.1, -0.05) is 54.6 Å². The molecule has 1 atom stereocenters. The molecule has 0 unspecified atom stereocenters. The second-order valence-corrected chi connectivity index (χ2v) is 5.22. The number of carbonyl (C=O) groups is 1. The molecular formula is C18H14N2O. The molecule has 0 aromatic heterocycles. The minimum atomic E-state index is -0.347. The number of anilines is 2. The van der Waals surface area contributed by atoms with Crippen LogP contribution in [0.15, 0.2) is 66.7 Å². The van der Waals surface area contributed by atoms with Crippen molar-refractivity contribution >= 4 is 28.1 Å². The van der Waals surface area contributed by atoms with Gasteiger partial charge in [-0.15, -0.1) is 0 Å². The Kier molecular flexibility index (Phi) is 2.64. The van der Waals surface area contributed by atoms with Gasteiger partial charge in [0.1, 0.15) is 6.04 Å². The molecule has 4 rings (SSSR count).